The molecule has 13 heavy (non-hydrogen) atoms. The molecule has 2 saturated carbocycles. The predicted molar refractivity (Wildman–Crippen MR) is 44.3 cm³/mol. The average molecular weight is 182 g/mol. The Balaban J connectivity index is 1.80. The molecule has 5 atom stereocenters. The van der Waals surface area contributed by atoms with E-state index in [9.17, 15) is 5.11 Å². The van der Waals surface area contributed by atoms with Crippen molar-refractivity contribution in [3.8, 4) is 0 Å². The largest absolute Gasteiger partial charge is 0.390 e. The summed E-state index contributed by atoms with van der Waals surface area (Å²) in [5.41, 5.74) is -0.304. The minimum Gasteiger partial charge on any atom is -0.390 e. The van der Waals surface area contributed by atoms with Crippen LogP contribution < -0.4 is 0 Å². The predicted octanol–water partition coefficient (Wildman–Crippen LogP) is 0.600. The number of epoxide rings is 2. The Morgan fingerprint density at radius 2 is 2.00 bits per heavy atom. The van der Waals surface area contributed by atoms with Crippen LogP contribution in [0.3, 0.4) is 0 Å². The first-order valence-electron chi connectivity index (χ1n) is 5.33. The fourth-order valence-electron chi connectivity index (χ4n) is 3.77. The van der Waals surface area contributed by atoms with Crippen LogP contribution in [-0.2, 0) is 9.47 Å². The monoisotopic (exact) mass is 182 g/mol. The minimum atomic E-state index is -0.267. The lowest BCUT2D eigenvalue weighted by molar-refractivity contribution is 0.00580. The van der Waals surface area contributed by atoms with E-state index in [1.165, 1.54) is 6.42 Å². The summed E-state index contributed by atoms with van der Waals surface area (Å²) in [7, 11) is 0. The van der Waals surface area contributed by atoms with Crippen molar-refractivity contribution in [1.82, 2.24) is 0 Å². The van der Waals surface area contributed by atoms with Gasteiger partial charge >= 0.3 is 0 Å². The van der Waals surface area contributed by atoms with Crippen molar-refractivity contribution in [2.24, 2.45) is 0 Å². The summed E-state index contributed by atoms with van der Waals surface area (Å²) in [6.45, 7) is 0. The second kappa shape index (κ2) is 1.81. The maximum absolute atomic E-state index is 9.99. The van der Waals surface area contributed by atoms with E-state index in [0.29, 0.717) is 12.2 Å². The third-order valence-electron chi connectivity index (χ3n) is 4.45. The van der Waals surface area contributed by atoms with Gasteiger partial charge in [-0.15, -0.1) is 0 Å². The average Bonchev–Trinajstić information content (AvgIpc) is 2.96. The van der Waals surface area contributed by atoms with Gasteiger partial charge in [0.15, 0.2) is 5.60 Å². The van der Waals surface area contributed by atoms with Crippen molar-refractivity contribution >= 4 is 0 Å². The Bertz CT molecular complexity index is 279. The van der Waals surface area contributed by atoms with E-state index in [4.69, 9.17) is 9.47 Å². The first-order valence-corrected chi connectivity index (χ1v) is 5.33. The molecule has 3 heteroatoms. The zero-order chi connectivity index (χ0) is 8.68. The molecule has 2 spiro atoms. The molecule has 0 aromatic rings. The van der Waals surface area contributed by atoms with Crippen LogP contribution in [0, 0.1) is 0 Å². The van der Waals surface area contributed by atoms with Gasteiger partial charge in [-0.05, 0) is 32.1 Å². The number of ether oxygens (including phenoxy) is 2. The van der Waals surface area contributed by atoms with E-state index in [2.05, 4.69) is 0 Å². The Kier molecular flexibility index (Phi) is 1.00. The molecule has 2 heterocycles. The standard InChI is InChI=1S/C10H14O3/c11-6-3-4-7-9(12-7)5-1-2-8-10(6,9)13-8/h6-8,11H,1-5H2. The second-order valence-electron chi connectivity index (χ2n) is 4.88. The lowest BCUT2D eigenvalue weighted by Crippen LogP contribution is -2.52. The molecule has 72 valence electrons. The first kappa shape index (κ1) is 7.21. The summed E-state index contributed by atoms with van der Waals surface area (Å²) < 4.78 is 11.6. The quantitative estimate of drug-likeness (QED) is 0.558. The van der Waals surface area contributed by atoms with Gasteiger partial charge in [-0.25, -0.2) is 0 Å². The molecule has 2 aliphatic carbocycles. The van der Waals surface area contributed by atoms with Crippen LogP contribution in [0.15, 0.2) is 0 Å². The number of hydrogen-bond acceptors (Lipinski definition) is 3. The van der Waals surface area contributed by atoms with Gasteiger partial charge in [-0.3, -0.25) is 0 Å². The summed E-state index contributed by atoms with van der Waals surface area (Å²) in [4.78, 5) is 0. The van der Waals surface area contributed by atoms with E-state index in [0.717, 1.165) is 25.7 Å². The van der Waals surface area contributed by atoms with E-state index in [1.807, 2.05) is 0 Å². The van der Waals surface area contributed by atoms with Crippen LogP contribution in [0.25, 0.3) is 0 Å². The second-order valence-corrected chi connectivity index (χ2v) is 4.88. The topological polar surface area (TPSA) is 45.3 Å². The summed E-state index contributed by atoms with van der Waals surface area (Å²) in [6.07, 6.45) is 5.76. The molecule has 0 aromatic heterocycles. The number of rotatable bonds is 0. The summed E-state index contributed by atoms with van der Waals surface area (Å²) in [5.74, 6) is 0. The van der Waals surface area contributed by atoms with Gasteiger partial charge < -0.3 is 14.6 Å². The number of aliphatic hydroxyl groups excluding tert-OH is 1. The highest BCUT2D eigenvalue weighted by Crippen LogP contribution is 2.69. The normalized spacial score (nSPS) is 67.6. The maximum Gasteiger partial charge on any atom is 0.152 e. The van der Waals surface area contributed by atoms with Gasteiger partial charge in [0.25, 0.3) is 0 Å². The molecule has 3 nitrogen and oxygen atoms in total. The van der Waals surface area contributed by atoms with Crippen LogP contribution in [0.5, 0.6) is 0 Å². The van der Waals surface area contributed by atoms with Crippen molar-refractivity contribution in [2.45, 2.75) is 61.6 Å². The minimum absolute atomic E-state index is 0.0480. The van der Waals surface area contributed by atoms with Gasteiger partial charge in [0.1, 0.15) is 5.60 Å². The smallest absolute Gasteiger partial charge is 0.152 e. The highest BCUT2D eigenvalue weighted by Gasteiger charge is 2.84. The molecule has 0 bridgehead atoms. The van der Waals surface area contributed by atoms with Crippen molar-refractivity contribution in [3.63, 3.8) is 0 Å². The fourth-order valence-corrected chi connectivity index (χ4v) is 3.77. The van der Waals surface area contributed by atoms with Crippen molar-refractivity contribution in [2.75, 3.05) is 0 Å². The zero-order valence-corrected chi connectivity index (χ0v) is 7.53. The fraction of sp³-hybridized carbons (Fsp3) is 1.00. The van der Waals surface area contributed by atoms with E-state index in [-0.39, 0.29) is 17.3 Å². The molecule has 4 aliphatic rings. The number of aliphatic hydroxyl groups is 1. The van der Waals surface area contributed by atoms with Crippen LogP contribution in [-0.4, -0.2) is 34.6 Å². The maximum atomic E-state index is 9.99. The molecule has 4 fully saturated rings. The third kappa shape index (κ3) is 0.576. The third-order valence-corrected chi connectivity index (χ3v) is 4.45. The molecule has 0 radical (unpaired) electrons. The van der Waals surface area contributed by atoms with Gasteiger partial charge in [0.2, 0.25) is 0 Å². The Hall–Kier alpha value is -0.120. The SMILES string of the molecule is OC1CCC2OC23CCCC2OC123. The van der Waals surface area contributed by atoms with Gasteiger partial charge in [0.05, 0.1) is 18.3 Å². The Morgan fingerprint density at radius 1 is 1.08 bits per heavy atom. The Labute approximate surface area is 77.0 Å². The van der Waals surface area contributed by atoms with Gasteiger partial charge in [-0.1, -0.05) is 0 Å². The zero-order valence-electron chi connectivity index (χ0n) is 7.53. The van der Waals surface area contributed by atoms with Crippen LogP contribution >= 0.6 is 0 Å². The van der Waals surface area contributed by atoms with Crippen LogP contribution in [0.4, 0.5) is 0 Å². The van der Waals surface area contributed by atoms with E-state index < -0.39 is 0 Å². The van der Waals surface area contributed by atoms with Crippen LogP contribution in [0.1, 0.15) is 32.1 Å². The molecular weight excluding hydrogens is 168 g/mol. The molecule has 2 aliphatic heterocycles. The lowest BCUT2D eigenvalue weighted by Gasteiger charge is -2.33. The molecule has 5 unspecified atom stereocenters. The molecule has 1 N–H and O–H groups in total. The lowest BCUT2D eigenvalue weighted by atomic mass is 9.68. The summed E-state index contributed by atoms with van der Waals surface area (Å²) >= 11 is 0. The van der Waals surface area contributed by atoms with E-state index in [1.54, 1.807) is 0 Å². The molecule has 0 amide bonds. The first-order chi connectivity index (χ1) is 6.30. The highest BCUT2D eigenvalue weighted by atomic mass is 16.7. The summed E-state index contributed by atoms with van der Waals surface area (Å²) in [5, 5.41) is 9.99. The number of hydrogen-bond donors (Lipinski definition) is 1. The molecule has 2 saturated heterocycles. The molecule has 4 rings (SSSR count). The van der Waals surface area contributed by atoms with Crippen molar-refractivity contribution in [3.05, 3.63) is 0 Å². The molecular formula is C10H14O3. The highest BCUT2D eigenvalue weighted by molar-refractivity contribution is 5.32. The Morgan fingerprint density at radius 3 is 2.85 bits per heavy atom. The van der Waals surface area contributed by atoms with Gasteiger partial charge in [-0.2, -0.15) is 0 Å². The molecule has 0 aromatic carbocycles. The van der Waals surface area contributed by atoms with Crippen molar-refractivity contribution in [1.29, 1.82) is 0 Å². The van der Waals surface area contributed by atoms with Crippen molar-refractivity contribution < 1.29 is 14.6 Å². The van der Waals surface area contributed by atoms with Crippen LogP contribution in [0.2, 0.25) is 0 Å². The summed E-state index contributed by atoms with van der Waals surface area (Å²) in [6, 6.07) is 0. The van der Waals surface area contributed by atoms with Gasteiger partial charge in [0, 0.05) is 0 Å². The van der Waals surface area contributed by atoms with E-state index >= 15 is 0 Å².